The molecule has 0 fully saturated rings. The van der Waals surface area contributed by atoms with Crippen molar-refractivity contribution in [1.82, 2.24) is 0 Å². The minimum atomic E-state index is 0.923. The fraction of sp³-hybridized carbons (Fsp3) is 0.0556. The average molecular weight is 490 g/mol. The highest BCUT2D eigenvalue weighted by Gasteiger charge is 2.11. The Morgan fingerprint density at radius 1 is 0.553 bits per heavy atom. The minimum absolute atomic E-state index is 0.923. The van der Waals surface area contributed by atoms with Crippen molar-refractivity contribution in [2.45, 2.75) is 12.8 Å². The molecule has 0 atom stereocenters. The first kappa shape index (κ1) is 22.4. The maximum absolute atomic E-state index is 6.23. The van der Waals surface area contributed by atoms with E-state index in [0.717, 1.165) is 57.3 Å². The van der Waals surface area contributed by atoms with Crippen molar-refractivity contribution >= 4 is 38.9 Å². The molecule has 6 aromatic rings. The number of fused-ring (bicyclic) bond motifs is 3. The smallest absolute Gasteiger partial charge is 0.143 e. The molecule has 0 saturated carbocycles. The standard InChI is InChI=1S/C36H27NO/c1-2-7-25(8-3-1)26-13-15-27(16-14-26)28-17-21-30(22-18-28)37-31-23-19-29(20-24-31)32-10-6-11-34-33-9-4-5-12-35(33)38-36(32)34/h1-2,4-7,9-24,37H,3,8H2. The van der Waals surface area contributed by atoms with Crippen molar-refractivity contribution in [1.29, 1.82) is 0 Å². The van der Waals surface area contributed by atoms with E-state index in [-0.39, 0.29) is 0 Å². The summed E-state index contributed by atoms with van der Waals surface area (Å²) in [5, 5.41) is 5.84. The van der Waals surface area contributed by atoms with E-state index in [2.05, 4.69) is 127 Å². The predicted molar refractivity (Wildman–Crippen MR) is 161 cm³/mol. The Kier molecular flexibility index (Phi) is 5.64. The Bertz CT molecular complexity index is 1800. The molecule has 1 N–H and O–H groups in total. The summed E-state index contributed by atoms with van der Waals surface area (Å²) in [6.07, 6.45) is 8.86. The fourth-order valence-corrected chi connectivity index (χ4v) is 5.34. The van der Waals surface area contributed by atoms with Gasteiger partial charge >= 0.3 is 0 Å². The van der Waals surface area contributed by atoms with Crippen molar-refractivity contribution < 1.29 is 4.42 Å². The summed E-state index contributed by atoms with van der Waals surface area (Å²) in [7, 11) is 0. The van der Waals surface area contributed by atoms with Crippen LogP contribution in [-0.2, 0) is 0 Å². The van der Waals surface area contributed by atoms with Crippen LogP contribution in [-0.4, -0.2) is 0 Å². The van der Waals surface area contributed by atoms with Gasteiger partial charge in [-0.2, -0.15) is 0 Å². The summed E-state index contributed by atoms with van der Waals surface area (Å²) in [5.74, 6) is 0. The quantitative estimate of drug-likeness (QED) is 0.260. The van der Waals surface area contributed by atoms with E-state index in [1.165, 1.54) is 22.3 Å². The molecule has 0 unspecified atom stereocenters. The van der Waals surface area contributed by atoms with Crippen LogP contribution in [0.25, 0.3) is 49.8 Å². The van der Waals surface area contributed by atoms with Crippen molar-refractivity contribution in [3.8, 4) is 22.3 Å². The second kappa shape index (κ2) is 9.57. The second-order valence-electron chi connectivity index (χ2n) is 9.80. The first-order valence-corrected chi connectivity index (χ1v) is 13.2. The molecule has 0 bridgehead atoms. The zero-order chi connectivity index (χ0) is 25.3. The van der Waals surface area contributed by atoms with Crippen molar-refractivity contribution in [2.24, 2.45) is 0 Å². The molecule has 0 spiro atoms. The Hall–Kier alpha value is -4.82. The molecule has 1 aliphatic carbocycles. The monoisotopic (exact) mass is 489 g/mol. The number of hydrogen-bond donors (Lipinski definition) is 1. The maximum Gasteiger partial charge on any atom is 0.143 e. The normalized spacial score (nSPS) is 13.1. The SMILES string of the molecule is C1=CCCC(c2ccc(-c3ccc(Nc4ccc(-c5cccc6c5oc5ccccc56)cc4)cc3)cc2)=C1. The van der Waals surface area contributed by atoms with Crippen LogP contribution < -0.4 is 5.32 Å². The van der Waals surface area contributed by atoms with Gasteiger partial charge in [-0.3, -0.25) is 0 Å². The van der Waals surface area contributed by atoms with Crippen LogP contribution in [0.3, 0.4) is 0 Å². The van der Waals surface area contributed by atoms with Crippen LogP contribution in [0.4, 0.5) is 11.4 Å². The van der Waals surface area contributed by atoms with Crippen molar-refractivity contribution in [3.63, 3.8) is 0 Å². The van der Waals surface area contributed by atoms with Crippen molar-refractivity contribution in [3.05, 3.63) is 139 Å². The van der Waals surface area contributed by atoms with E-state index in [1.54, 1.807) is 0 Å². The van der Waals surface area contributed by atoms with Crippen LogP contribution >= 0.6 is 0 Å². The summed E-state index contributed by atoms with van der Waals surface area (Å²) in [6.45, 7) is 0. The van der Waals surface area contributed by atoms with Crippen LogP contribution in [0.1, 0.15) is 18.4 Å². The molecule has 0 amide bonds. The number of allylic oxidation sites excluding steroid dienone is 4. The van der Waals surface area contributed by atoms with Gasteiger partial charge in [0, 0.05) is 27.7 Å². The highest BCUT2D eigenvalue weighted by molar-refractivity contribution is 6.09. The molecule has 1 aromatic heterocycles. The lowest BCUT2D eigenvalue weighted by Gasteiger charge is -2.11. The summed E-state index contributed by atoms with van der Waals surface area (Å²) in [6, 6.07) is 40.7. The Morgan fingerprint density at radius 2 is 1.18 bits per heavy atom. The third kappa shape index (κ3) is 4.21. The molecule has 7 rings (SSSR count). The molecule has 0 saturated heterocycles. The Labute approximate surface area is 222 Å². The Morgan fingerprint density at radius 3 is 1.89 bits per heavy atom. The molecule has 0 radical (unpaired) electrons. The zero-order valence-electron chi connectivity index (χ0n) is 21.0. The number of furan rings is 1. The van der Waals surface area contributed by atoms with E-state index >= 15 is 0 Å². The number of para-hydroxylation sites is 2. The highest BCUT2D eigenvalue weighted by atomic mass is 16.3. The lowest BCUT2D eigenvalue weighted by atomic mass is 9.95. The van der Waals surface area contributed by atoms with E-state index < -0.39 is 0 Å². The van der Waals surface area contributed by atoms with Crippen LogP contribution in [0.5, 0.6) is 0 Å². The van der Waals surface area contributed by atoms with Gasteiger partial charge in [-0.25, -0.2) is 0 Å². The summed E-state index contributed by atoms with van der Waals surface area (Å²) >= 11 is 0. The van der Waals surface area contributed by atoms with Gasteiger partial charge in [-0.05, 0) is 71.0 Å². The van der Waals surface area contributed by atoms with Gasteiger partial charge in [0.25, 0.3) is 0 Å². The predicted octanol–water partition coefficient (Wildman–Crippen LogP) is 10.4. The van der Waals surface area contributed by atoms with Gasteiger partial charge in [0.05, 0.1) is 0 Å². The molecule has 2 nitrogen and oxygen atoms in total. The highest BCUT2D eigenvalue weighted by Crippen LogP contribution is 2.36. The van der Waals surface area contributed by atoms with Crippen LogP contribution in [0, 0.1) is 0 Å². The third-order valence-electron chi connectivity index (χ3n) is 7.38. The van der Waals surface area contributed by atoms with Gasteiger partial charge in [0.15, 0.2) is 0 Å². The Balaban J connectivity index is 1.08. The van der Waals surface area contributed by atoms with E-state index in [1.807, 2.05) is 12.1 Å². The largest absolute Gasteiger partial charge is 0.455 e. The third-order valence-corrected chi connectivity index (χ3v) is 7.38. The number of hydrogen-bond acceptors (Lipinski definition) is 2. The van der Waals surface area contributed by atoms with Gasteiger partial charge in [0.2, 0.25) is 0 Å². The van der Waals surface area contributed by atoms with Crippen LogP contribution in [0.2, 0.25) is 0 Å². The lowest BCUT2D eigenvalue weighted by Crippen LogP contribution is -1.91. The number of rotatable bonds is 5. The van der Waals surface area contributed by atoms with E-state index in [0.29, 0.717) is 0 Å². The number of benzene rings is 5. The first-order chi connectivity index (χ1) is 18.8. The molecule has 0 aliphatic heterocycles. The van der Waals surface area contributed by atoms with Gasteiger partial charge in [-0.1, -0.05) is 103 Å². The summed E-state index contributed by atoms with van der Waals surface area (Å²) in [4.78, 5) is 0. The molecule has 38 heavy (non-hydrogen) atoms. The zero-order valence-corrected chi connectivity index (χ0v) is 21.0. The topological polar surface area (TPSA) is 25.2 Å². The summed E-state index contributed by atoms with van der Waals surface area (Å²) < 4.78 is 6.23. The molecule has 182 valence electrons. The molecule has 2 heteroatoms. The maximum atomic E-state index is 6.23. The van der Waals surface area contributed by atoms with Gasteiger partial charge < -0.3 is 9.73 Å². The molecule has 1 heterocycles. The van der Waals surface area contributed by atoms with Crippen LogP contribution in [0.15, 0.2) is 138 Å². The number of anilines is 2. The average Bonchev–Trinajstić information content (AvgIpc) is 3.38. The summed E-state index contributed by atoms with van der Waals surface area (Å²) in [5.41, 5.74) is 11.4. The number of nitrogens with one attached hydrogen (secondary N) is 1. The molecule has 5 aromatic carbocycles. The van der Waals surface area contributed by atoms with E-state index in [4.69, 9.17) is 4.42 Å². The fourth-order valence-electron chi connectivity index (χ4n) is 5.34. The molecular weight excluding hydrogens is 462 g/mol. The second-order valence-corrected chi connectivity index (χ2v) is 9.80. The lowest BCUT2D eigenvalue weighted by molar-refractivity contribution is 0.670. The molecule has 1 aliphatic rings. The van der Waals surface area contributed by atoms with Gasteiger partial charge in [0.1, 0.15) is 11.2 Å². The van der Waals surface area contributed by atoms with E-state index in [9.17, 15) is 0 Å². The van der Waals surface area contributed by atoms with Crippen molar-refractivity contribution in [2.75, 3.05) is 5.32 Å². The minimum Gasteiger partial charge on any atom is -0.455 e. The molecular formula is C36H27NO. The first-order valence-electron chi connectivity index (χ1n) is 13.2. The van der Waals surface area contributed by atoms with Gasteiger partial charge in [-0.15, -0.1) is 0 Å².